The van der Waals surface area contributed by atoms with Crippen LogP contribution in [0, 0.1) is 0 Å². The van der Waals surface area contributed by atoms with Crippen LogP contribution in [0.5, 0.6) is 0 Å². The van der Waals surface area contributed by atoms with Gasteiger partial charge in [0.25, 0.3) is 5.56 Å². The summed E-state index contributed by atoms with van der Waals surface area (Å²) in [5.74, 6) is -0.250. The fourth-order valence-electron chi connectivity index (χ4n) is 3.30. The molecule has 1 aliphatic rings. The van der Waals surface area contributed by atoms with E-state index in [9.17, 15) is 9.59 Å². The van der Waals surface area contributed by atoms with Gasteiger partial charge < -0.3 is 4.74 Å². The van der Waals surface area contributed by atoms with E-state index in [0.29, 0.717) is 28.4 Å². The zero-order valence-corrected chi connectivity index (χ0v) is 16.9. The number of hydrogen-bond acceptors (Lipinski definition) is 6. The van der Waals surface area contributed by atoms with Crippen LogP contribution in [-0.2, 0) is 9.53 Å². The molecule has 0 radical (unpaired) electrons. The van der Waals surface area contributed by atoms with Crippen molar-refractivity contribution in [3.8, 4) is 16.1 Å². The van der Waals surface area contributed by atoms with Crippen LogP contribution in [0.3, 0.4) is 0 Å². The monoisotopic (exact) mass is 420 g/mol. The van der Waals surface area contributed by atoms with Gasteiger partial charge in [-0.2, -0.15) is 0 Å². The third kappa shape index (κ3) is 3.36. The minimum absolute atomic E-state index is 0.131. The van der Waals surface area contributed by atoms with E-state index in [4.69, 9.17) is 9.72 Å². The van der Waals surface area contributed by atoms with Crippen molar-refractivity contribution in [1.29, 1.82) is 0 Å². The second-order valence-electron chi connectivity index (χ2n) is 6.63. The maximum absolute atomic E-state index is 13.4. The number of para-hydroxylation sites is 1. The van der Waals surface area contributed by atoms with E-state index in [1.807, 2.05) is 66.7 Å². The third-order valence-corrected chi connectivity index (χ3v) is 7.02. The van der Waals surface area contributed by atoms with Crippen molar-refractivity contribution in [2.75, 3.05) is 6.61 Å². The van der Waals surface area contributed by atoms with Crippen molar-refractivity contribution in [3.05, 3.63) is 77.1 Å². The number of cyclic esters (lactones) is 1. The van der Waals surface area contributed by atoms with E-state index < -0.39 is 0 Å². The molecule has 1 unspecified atom stereocenters. The Bertz CT molecular complexity index is 1250. The van der Waals surface area contributed by atoms with Crippen LogP contribution in [0.1, 0.15) is 6.42 Å². The predicted molar refractivity (Wildman–Crippen MR) is 116 cm³/mol. The summed E-state index contributed by atoms with van der Waals surface area (Å²) in [6.45, 7) is 0.408. The Morgan fingerprint density at radius 3 is 2.45 bits per heavy atom. The third-order valence-electron chi connectivity index (χ3n) is 4.74. The number of benzene rings is 2. The van der Waals surface area contributed by atoms with Crippen LogP contribution in [0.15, 0.2) is 76.7 Å². The molecule has 2 aromatic carbocycles. The highest BCUT2D eigenvalue weighted by atomic mass is 32.2. The van der Waals surface area contributed by atoms with E-state index in [1.165, 1.54) is 23.1 Å². The van der Waals surface area contributed by atoms with E-state index in [0.717, 1.165) is 16.1 Å². The highest BCUT2D eigenvalue weighted by molar-refractivity contribution is 8.00. The smallest absolute Gasteiger partial charge is 0.319 e. The lowest BCUT2D eigenvalue weighted by Crippen LogP contribution is -2.22. The maximum Gasteiger partial charge on any atom is 0.319 e. The molecule has 144 valence electrons. The number of rotatable bonds is 4. The zero-order chi connectivity index (χ0) is 19.8. The number of aromatic nitrogens is 2. The van der Waals surface area contributed by atoms with Crippen LogP contribution in [0.4, 0.5) is 0 Å². The molecule has 0 saturated carbocycles. The molecule has 1 aliphatic heterocycles. The number of thiophene rings is 1. The second kappa shape index (κ2) is 7.50. The second-order valence-corrected chi connectivity index (χ2v) is 8.83. The average Bonchev–Trinajstić information content (AvgIpc) is 3.36. The summed E-state index contributed by atoms with van der Waals surface area (Å²) in [6.07, 6.45) is 0.617. The standard InChI is InChI=1S/C22H16N2O3S2/c25-20-16-13-18(14-7-3-1-4-8-14)28-19(16)23-22(29-17-11-12-27-21(17)26)24(20)15-9-5-2-6-10-15/h1-10,13,17H,11-12H2. The number of carbonyl (C=O) groups is 1. The number of ether oxygens (including phenoxy) is 1. The number of carbonyl (C=O) groups excluding carboxylic acids is 1. The van der Waals surface area contributed by atoms with Crippen LogP contribution < -0.4 is 5.56 Å². The van der Waals surface area contributed by atoms with Crippen molar-refractivity contribution in [2.45, 2.75) is 16.8 Å². The molecule has 4 aromatic rings. The van der Waals surface area contributed by atoms with Gasteiger partial charge in [-0.3, -0.25) is 14.2 Å². The summed E-state index contributed by atoms with van der Waals surface area (Å²) in [5, 5.41) is 0.748. The van der Waals surface area contributed by atoms with Crippen molar-refractivity contribution in [3.63, 3.8) is 0 Å². The lowest BCUT2D eigenvalue weighted by molar-refractivity contribution is -0.137. The van der Waals surface area contributed by atoms with Gasteiger partial charge in [-0.1, -0.05) is 60.3 Å². The molecule has 29 heavy (non-hydrogen) atoms. The van der Waals surface area contributed by atoms with Gasteiger partial charge in [0, 0.05) is 11.3 Å². The fraction of sp³-hybridized carbons (Fsp3) is 0.136. The van der Waals surface area contributed by atoms with Crippen molar-refractivity contribution < 1.29 is 9.53 Å². The number of nitrogens with zero attached hydrogens (tertiary/aromatic N) is 2. The Morgan fingerprint density at radius 2 is 1.76 bits per heavy atom. The Morgan fingerprint density at radius 1 is 1.03 bits per heavy atom. The Labute approximate surface area is 175 Å². The largest absolute Gasteiger partial charge is 0.465 e. The highest BCUT2D eigenvalue weighted by Crippen LogP contribution is 2.34. The van der Waals surface area contributed by atoms with Crippen molar-refractivity contribution >= 4 is 39.3 Å². The zero-order valence-electron chi connectivity index (χ0n) is 15.3. The molecule has 7 heteroatoms. The Balaban J connectivity index is 1.70. The summed E-state index contributed by atoms with van der Waals surface area (Å²) in [6, 6.07) is 21.3. The van der Waals surface area contributed by atoms with E-state index in [-0.39, 0.29) is 16.8 Å². The lowest BCUT2D eigenvalue weighted by atomic mass is 10.2. The van der Waals surface area contributed by atoms with Gasteiger partial charge in [-0.25, -0.2) is 4.98 Å². The highest BCUT2D eigenvalue weighted by Gasteiger charge is 2.30. The number of esters is 1. The van der Waals surface area contributed by atoms with Gasteiger partial charge in [0.2, 0.25) is 0 Å². The molecule has 0 N–H and O–H groups in total. The van der Waals surface area contributed by atoms with Gasteiger partial charge in [0.1, 0.15) is 10.1 Å². The Hall–Kier alpha value is -2.90. The molecule has 1 fully saturated rings. The van der Waals surface area contributed by atoms with Gasteiger partial charge in [0.15, 0.2) is 5.16 Å². The van der Waals surface area contributed by atoms with Crippen LogP contribution in [-0.4, -0.2) is 27.4 Å². The van der Waals surface area contributed by atoms with Crippen molar-refractivity contribution in [1.82, 2.24) is 9.55 Å². The number of fused-ring (bicyclic) bond motifs is 1. The Kier molecular flexibility index (Phi) is 4.69. The number of thioether (sulfide) groups is 1. The topological polar surface area (TPSA) is 61.2 Å². The minimum Gasteiger partial charge on any atom is -0.465 e. The van der Waals surface area contributed by atoms with E-state index >= 15 is 0 Å². The summed E-state index contributed by atoms with van der Waals surface area (Å²) >= 11 is 2.79. The summed E-state index contributed by atoms with van der Waals surface area (Å²) in [5.41, 5.74) is 1.65. The van der Waals surface area contributed by atoms with Crippen LogP contribution in [0.2, 0.25) is 0 Å². The first-order chi connectivity index (χ1) is 14.2. The summed E-state index contributed by atoms with van der Waals surface area (Å²) in [7, 11) is 0. The van der Waals surface area contributed by atoms with Gasteiger partial charge in [-0.15, -0.1) is 11.3 Å². The molecule has 5 rings (SSSR count). The molecular formula is C22H16N2O3S2. The molecule has 0 amide bonds. The van der Waals surface area contributed by atoms with Gasteiger partial charge in [-0.05, 0) is 23.8 Å². The minimum atomic E-state index is -0.345. The first-order valence-corrected chi connectivity index (χ1v) is 10.9. The summed E-state index contributed by atoms with van der Waals surface area (Å²) in [4.78, 5) is 31.9. The molecule has 3 heterocycles. The fourth-order valence-corrected chi connectivity index (χ4v) is 5.46. The van der Waals surface area contributed by atoms with E-state index in [1.54, 1.807) is 4.57 Å². The molecular weight excluding hydrogens is 404 g/mol. The molecule has 0 bridgehead atoms. The van der Waals surface area contributed by atoms with Gasteiger partial charge >= 0.3 is 5.97 Å². The maximum atomic E-state index is 13.4. The lowest BCUT2D eigenvalue weighted by Gasteiger charge is -2.13. The molecule has 5 nitrogen and oxygen atoms in total. The van der Waals surface area contributed by atoms with Crippen LogP contribution in [0.25, 0.3) is 26.3 Å². The van der Waals surface area contributed by atoms with E-state index in [2.05, 4.69) is 0 Å². The molecule has 0 spiro atoms. The predicted octanol–water partition coefficient (Wildman–Crippen LogP) is 4.52. The quantitative estimate of drug-likeness (QED) is 0.359. The molecule has 2 aromatic heterocycles. The first kappa shape index (κ1) is 18.1. The normalized spacial score (nSPS) is 16.3. The first-order valence-electron chi connectivity index (χ1n) is 9.21. The van der Waals surface area contributed by atoms with Crippen molar-refractivity contribution in [2.24, 2.45) is 0 Å². The molecule has 0 aliphatic carbocycles. The number of hydrogen-bond donors (Lipinski definition) is 0. The molecule has 1 saturated heterocycles. The molecule has 1 atom stereocenters. The summed E-state index contributed by atoms with van der Waals surface area (Å²) < 4.78 is 6.69. The van der Waals surface area contributed by atoms with Gasteiger partial charge in [0.05, 0.1) is 17.7 Å². The van der Waals surface area contributed by atoms with Crippen LogP contribution >= 0.6 is 23.1 Å². The SMILES string of the molecule is O=C1OCCC1Sc1nc2sc(-c3ccccc3)cc2c(=O)n1-c1ccccc1. The average molecular weight is 421 g/mol.